The summed E-state index contributed by atoms with van der Waals surface area (Å²) >= 11 is 0. The molecule has 1 aliphatic heterocycles. The number of aryl methyl sites for hydroxylation is 1. The van der Waals surface area contributed by atoms with E-state index in [0.29, 0.717) is 24.5 Å². The van der Waals surface area contributed by atoms with Gasteiger partial charge in [-0.15, -0.1) is 0 Å². The van der Waals surface area contributed by atoms with E-state index in [0.717, 1.165) is 5.56 Å². The van der Waals surface area contributed by atoms with Crippen LogP contribution in [0.25, 0.3) is 0 Å². The predicted molar refractivity (Wildman–Crippen MR) is 71.7 cm³/mol. The number of carbonyl (C=O) groups is 2. The number of nitrogens with zero attached hydrogens (tertiary/aromatic N) is 2. The number of amides is 1. The van der Waals surface area contributed by atoms with Gasteiger partial charge in [0.1, 0.15) is 18.0 Å². The number of aromatic nitrogens is 1. The van der Waals surface area contributed by atoms with E-state index < -0.39 is 17.5 Å². The van der Waals surface area contributed by atoms with Gasteiger partial charge in [-0.05, 0) is 25.5 Å². The molecule has 0 unspecified atom stereocenters. The molecule has 1 amide bonds. The van der Waals surface area contributed by atoms with Crippen LogP contribution in [0.3, 0.4) is 0 Å². The number of aliphatic carboxylic acids is 1. The number of carbonyl (C=O) groups excluding carboxylic acids is 1. The average Bonchev–Trinajstić information content (AvgIpc) is 2.32. The SMILES string of the molecule is Cc1ccnc(N2CC(C)(OCC(=O)O)C2)c1C(N)=O. The fourth-order valence-corrected chi connectivity index (χ4v) is 2.33. The van der Waals surface area contributed by atoms with Crippen molar-refractivity contribution >= 4 is 17.7 Å². The van der Waals surface area contributed by atoms with Gasteiger partial charge in [-0.25, -0.2) is 9.78 Å². The Balaban J connectivity index is 2.11. The number of primary amides is 1. The number of ether oxygens (including phenoxy) is 1. The third-order valence-electron chi connectivity index (χ3n) is 3.28. The van der Waals surface area contributed by atoms with E-state index in [1.54, 1.807) is 19.2 Å². The molecule has 0 saturated carbocycles. The third kappa shape index (κ3) is 2.72. The molecular formula is C13H17N3O4. The Morgan fingerprint density at radius 1 is 1.55 bits per heavy atom. The largest absolute Gasteiger partial charge is 0.480 e. The zero-order valence-corrected chi connectivity index (χ0v) is 11.4. The lowest BCUT2D eigenvalue weighted by Gasteiger charge is -2.48. The van der Waals surface area contributed by atoms with Gasteiger partial charge in [0.2, 0.25) is 0 Å². The molecule has 1 fully saturated rings. The quantitative estimate of drug-likeness (QED) is 0.795. The van der Waals surface area contributed by atoms with Crippen molar-refractivity contribution in [3.63, 3.8) is 0 Å². The number of carboxylic acids is 1. The van der Waals surface area contributed by atoms with Gasteiger partial charge in [0.25, 0.3) is 5.91 Å². The molecule has 108 valence electrons. The highest BCUT2D eigenvalue weighted by atomic mass is 16.5. The molecule has 0 spiro atoms. The first-order valence-corrected chi connectivity index (χ1v) is 6.18. The Morgan fingerprint density at radius 3 is 2.75 bits per heavy atom. The Hall–Kier alpha value is -2.15. The molecule has 0 atom stereocenters. The highest BCUT2D eigenvalue weighted by Crippen LogP contribution is 2.31. The number of nitrogens with two attached hydrogens (primary N) is 1. The van der Waals surface area contributed by atoms with Crippen LogP contribution in [0.15, 0.2) is 12.3 Å². The summed E-state index contributed by atoms with van der Waals surface area (Å²) < 4.78 is 5.32. The molecule has 7 heteroatoms. The van der Waals surface area contributed by atoms with E-state index in [2.05, 4.69) is 4.98 Å². The van der Waals surface area contributed by atoms with E-state index in [1.165, 1.54) is 0 Å². The van der Waals surface area contributed by atoms with Crippen LogP contribution in [0.1, 0.15) is 22.8 Å². The van der Waals surface area contributed by atoms with Gasteiger partial charge in [0, 0.05) is 6.20 Å². The maximum absolute atomic E-state index is 11.5. The molecule has 0 bridgehead atoms. The van der Waals surface area contributed by atoms with Gasteiger partial charge in [0.15, 0.2) is 0 Å². The molecule has 0 aliphatic carbocycles. The monoisotopic (exact) mass is 279 g/mol. The topological polar surface area (TPSA) is 106 Å². The van der Waals surface area contributed by atoms with E-state index in [1.807, 2.05) is 11.8 Å². The van der Waals surface area contributed by atoms with Gasteiger partial charge in [-0.3, -0.25) is 4.79 Å². The van der Waals surface area contributed by atoms with Crippen molar-refractivity contribution in [3.8, 4) is 0 Å². The maximum Gasteiger partial charge on any atom is 0.329 e. The van der Waals surface area contributed by atoms with Crippen LogP contribution in [0.4, 0.5) is 5.82 Å². The third-order valence-corrected chi connectivity index (χ3v) is 3.28. The predicted octanol–water partition coefficient (Wildman–Crippen LogP) is 0.169. The molecule has 2 rings (SSSR count). The summed E-state index contributed by atoms with van der Waals surface area (Å²) in [4.78, 5) is 28.1. The van der Waals surface area contributed by atoms with Crippen molar-refractivity contribution in [3.05, 3.63) is 23.4 Å². The highest BCUT2D eigenvalue weighted by Gasteiger charge is 2.42. The Bertz CT molecular complexity index is 553. The maximum atomic E-state index is 11.5. The number of hydrogen-bond acceptors (Lipinski definition) is 5. The second-order valence-corrected chi connectivity index (χ2v) is 5.18. The van der Waals surface area contributed by atoms with Gasteiger partial charge < -0.3 is 20.5 Å². The molecular weight excluding hydrogens is 262 g/mol. The standard InChI is InChI=1S/C13H17N3O4/c1-8-3-4-15-12(10(8)11(14)19)16-6-13(2,7-16)20-5-9(17)18/h3-4H,5-7H2,1-2H3,(H2,14,19)(H,17,18). The molecule has 1 aromatic rings. The zero-order chi connectivity index (χ0) is 14.9. The smallest absolute Gasteiger partial charge is 0.329 e. The number of anilines is 1. The van der Waals surface area contributed by atoms with Crippen molar-refractivity contribution in [1.29, 1.82) is 0 Å². The van der Waals surface area contributed by atoms with Crippen LogP contribution in [-0.4, -0.2) is 47.3 Å². The minimum Gasteiger partial charge on any atom is -0.480 e. The molecule has 0 radical (unpaired) electrons. The molecule has 1 aromatic heterocycles. The number of hydrogen-bond donors (Lipinski definition) is 2. The van der Waals surface area contributed by atoms with Crippen LogP contribution < -0.4 is 10.6 Å². The lowest BCUT2D eigenvalue weighted by molar-refractivity contribution is -0.150. The molecule has 1 saturated heterocycles. The van der Waals surface area contributed by atoms with Gasteiger partial charge in [-0.1, -0.05) is 0 Å². The molecule has 0 aromatic carbocycles. The summed E-state index contributed by atoms with van der Waals surface area (Å²) in [7, 11) is 0. The van der Waals surface area contributed by atoms with E-state index in [-0.39, 0.29) is 6.61 Å². The van der Waals surface area contributed by atoms with Gasteiger partial charge >= 0.3 is 5.97 Å². The fraction of sp³-hybridized carbons (Fsp3) is 0.462. The van der Waals surface area contributed by atoms with Gasteiger partial charge in [-0.2, -0.15) is 0 Å². The van der Waals surface area contributed by atoms with Crippen LogP contribution >= 0.6 is 0 Å². The number of pyridine rings is 1. The molecule has 1 aliphatic rings. The van der Waals surface area contributed by atoms with Crippen molar-refractivity contribution in [1.82, 2.24) is 4.98 Å². The van der Waals surface area contributed by atoms with E-state index >= 15 is 0 Å². The van der Waals surface area contributed by atoms with E-state index in [9.17, 15) is 9.59 Å². The summed E-state index contributed by atoms with van der Waals surface area (Å²) in [5, 5.41) is 8.62. The van der Waals surface area contributed by atoms with Crippen LogP contribution in [-0.2, 0) is 9.53 Å². The highest BCUT2D eigenvalue weighted by molar-refractivity contribution is 5.99. The van der Waals surface area contributed by atoms with Crippen LogP contribution in [0.2, 0.25) is 0 Å². The summed E-state index contributed by atoms with van der Waals surface area (Å²) in [5.41, 5.74) is 6.00. The summed E-state index contributed by atoms with van der Waals surface area (Å²) in [5.74, 6) is -1.00. The fourth-order valence-electron chi connectivity index (χ4n) is 2.33. The Labute approximate surface area is 116 Å². The van der Waals surface area contributed by atoms with Crippen molar-refractivity contribution < 1.29 is 19.4 Å². The van der Waals surface area contributed by atoms with Crippen LogP contribution in [0.5, 0.6) is 0 Å². The number of carboxylic acid groups (broad SMARTS) is 1. The first-order valence-electron chi connectivity index (χ1n) is 6.18. The molecule has 20 heavy (non-hydrogen) atoms. The van der Waals surface area contributed by atoms with Crippen molar-refractivity contribution in [2.45, 2.75) is 19.4 Å². The van der Waals surface area contributed by atoms with Gasteiger partial charge in [0.05, 0.1) is 18.7 Å². The Kier molecular flexibility index (Phi) is 3.63. The van der Waals surface area contributed by atoms with Crippen molar-refractivity contribution in [2.75, 3.05) is 24.6 Å². The minimum atomic E-state index is -1.00. The first kappa shape index (κ1) is 14.3. The summed E-state index contributed by atoms with van der Waals surface area (Å²) in [6, 6.07) is 1.73. The zero-order valence-electron chi connectivity index (χ0n) is 11.4. The molecule has 3 N–H and O–H groups in total. The lowest BCUT2D eigenvalue weighted by atomic mass is 9.95. The average molecular weight is 279 g/mol. The minimum absolute atomic E-state index is 0.339. The van der Waals surface area contributed by atoms with E-state index in [4.69, 9.17) is 15.6 Å². The molecule has 7 nitrogen and oxygen atoms in total. The second-order valence-electron chi connectivity index (χ2n) is 5.18. The summed E-state index contributed by atoms with van der Waals surface area (Å²) in [6.07, 6.45) is 1.62. The first-order chi connectivity index (χ1) is 9.32. The van der Waals surface area contributed by atoms with Crippen molar-refractivity contribution in [2.24, 2.45) is 5.73 Å². The second kappa shape index (κ2) is 5.09. The molecule has 2 heterocycles. The number of rotatable bonds is 5. The van der Waals surface area contributed by atoms with Crippen LogP contribution in [0, 0.1) is 6.92 Å². The normalized spacial score (nSPS) is 16.6. The summed E-state index contributed by atoms with van der Waals surface area (Å²) in [6.45, 7) is 4.22. The lowest BCUT2D eigenvalue weighted by Crippen LogP contribution is -2.62. The Morgan fingerprint density at radius 2 is 2.20 bits per heavy atom.